The maximum absolute atomic E-state index is 11.3. The van der Waals surface area contributed by atoms with Crippen molar-refractivity contribution in [3.8, 4) is 0 Å². The molecule has 0 bridgehead atoms. The van der Waals surface area contributed by atoms with Crippen molar-refractivity contribution in [3.63, 3.8) is 0 Å². The summed E-state index contributed by atoms with van der Waals surface area (Å²) in [4.78, 5) is 11.8. The summed E-state index contributed by atoms with van der Waals surface area (Å²) in [5, 5.41) is 78.1. The van der Waals surface area contributed by atoms with Gasteiger partial charge < -0.3 is 60.8 Å². The summed E-state index contributed by atoms with van der Waals surface area (Å²) in [6.07, 6.45) is -16.3. The van der Waals surface area contributed by atoms with Gasteiger partial charge in [0.1, 0.15) is 55.6 Å². The van der Waals surface area contributed by atoms with Crippen molar-refractivity contribution >= 4 is 6.03 Å². The number of amides is 2. The number of rotatable bonds is 6. The maximum Gasteiger partial charge on any atom is 0.318 e. The number of aliphatic hydroxyl groups is 8. The van der Waals surface area contributed by atoms with Crippen LogP contribution in [-0.4, -0.2) is 133 Å². The minimum absolute atomic E-state index is 0.501. The second kappa shape index (κ2) is 9.55. The van der Waals surface area contributed by atoms with E-state index in [0.717, 1.165) is 0 Å². The third-order valence-corrected chi connectivity index (χ3v) is 4.72. The van der Waals surface area contributed by atoms with Crippen molar-refractivity contribution in [2.24, 2.45) is 5.73 Å². The van der Waals surface area contributed by atoms with Crippen LogP contribution in [0.5, 0.6) is 0 Å². The molecule has 0 radical (unpaired) electrons. The monoisotopic (exact) mass is 414 g/mol. The lowest BCUT2D eigenvalue weighted by atomic mass is 9.96. The predicted octanol–water partition coefficient (Wildman–Crippen LogP) is -6.06. The molecular weight excluding hydrogens is 388 g/mol. The fourth-order valence-electron chi connectivity index (χ4n) is 3.10. The third-order valence-electron chi connectivity index (χ3n) is 4.72. The highest BCUT2D eigenvalue weighted by atomic mass is 16.7. The zero-order valence-corrected chi connectivity index (χ0v) is 14.6. The van der Waals surface area contributed by atoms with E-state index >= 15 is 0 Å². The summed E-state index contributed by atoms with van der Waals surface area (Å²) in [5.41, 5.74) is 5.07. The van der Waals surface area contributed by atoms with Crippen LogP contribution in [0.3, 0.4) is 0 Å². The van der Waals surface area contributed by atoms with E-state index in [2.05, 4.69) is 0 Å². The molecule has 28 heavy (non-hydrogen) atoms. The Hall–Kier alpha value is -1.17. The van der Waals surface area contributed by atoms with Gasteiger partial charge in [-0.2, -0.15) is 0 Å². The molecule has 0 aliphatic carbocycles. The van der Waals surface area contributed by atoms with E-state index in [-0.39, 0.29) is 0 Å². The molecule has 0 saturated carbocycles. The summed E-state index contributed by atoms with van der Waals surface area (Å²) in [5.74, 6) is 0. The van der Waals surface area contributed by atoms with Crippen LogP contribution in [0.25, 0.3) is 0 Å². The van der Waals surface area contributed by atoms with Crippen LogP contribution in [0, 0.1) is 0 Å². The largest absolute Gasteiger partial charge is 0.394 e. The van der Waals surface area contributed by atoms with Crippen molar-refractivity contribution in [3.05, 3.63) is 0 Å². The number of hydrogen-bond acceptors (Lipinski definition) is 12. The van der Waals surface area contributed by atoms with Crippen LogP contribution < -0.4 is 5.73 Å². The van der Waals surface area contributed by atoms with Crippen molar-refractivity contribution in [1.29, 1.82) is 0 Å². The van der Waals surface area contributed by atoms with Gasteiger partial charge in [0.15, 0.2) is 12.5 Å². The van der Waals surface area contributed by atoms with Gasteiger partial charge in [-0.1, -0.05) is 0 Å². The van der Waals surface area contributed by atoms with Crippen molar-refractivity contribution in [2.45, 2.75) is 61.3 Å². The van der Waals surface area contributed by atoms with E-state index in [0.29, 0.717) is 4.90 Å². The average Bonchev–Trinajstić information content (AvgIpc) is 2.67. The highest BCUT2D eigenvalue weighted by Gasteiger charge is 2.51. The Morgan fingerprint density at radius 1 is 0.857 bits per heavy atom. The fraction of sp³-hybridized carbons (Fsp3) is 0.929. The van der Waals surface area contributed by atoms with Crippen molar-refractivity contribution in [1.82, 2.24) is 4.90 Å². The molecule has 164 valence electrons. The third kappa shape index (κ3) is 4.37. The van der Waals surface area contributed by atoms with Gasteiger partial charge in [-0.15, -0.1) is 0 Å². The molecule has 2 saturated heterocycles. The number of hydrogen-bond donors (Lipinski definition) is 9. The summed E-state index contributed by atoms with van der Waals surface area (Å²) < 4.78 is 15.8. The second-order valence-electron chi connectivity index (χ2n) is 6.48. The number of primary amides is 1. The summed E-state index contributed by atoms with van der Waals surface area (Å²) in [7, 11) is 0. The molecule has 0 aromatic heterocycles. The summed E-state index contributed by atoms with van der Waals surface area (Å²) in [6.45, 7) is -2.44. The highest BCUT2D eigenvalue weighted by Crippen LogP contribution is 2.30. The summed E-state index contributed by atoms with van der Waals surface area (Å²) in [6, 6.07) is -1.16. The molecule has 14 nitrogen and oxygen atoms in total. The Morgan fingerprint density at radius 2 is 1.46 bits per heavy atom. The Kier molecular flexibility index (Phi) is 7.89. The van der Waals surface area contributed by atoms with E-state index in [1.54, 1.807) is 0 Å². The van der Waals surface area contributed by atoms with Crippen molar-refractivity contribution < 1.29 is 59.9 Å². The lowest BCUT2D eigenvalue weighted by Crippen LogP contribution is -2.67. The zero-order valence-electron chi connectivity index (χ0n) is 14.6. The zero-order chi connectivity index (χ0) is 21.2. The number of carbonyl (C=O) groups is 1. The molecular formula is C14H26N2O12. The molecule has 0 aromatic carbocycles. The molecule has 2 fully saturated rings. The predicted molar refractivity (Wildman–Crippen MR) is 84.9 cm³/mol. The van der Waals surface area contributed by atoms with Crippen LogP contribution in [0.15, 0.2) is 0 Å². The number of ether oxygens (including phenoxy) is 3. The number of urea groups is 1. The highest BCUT2D eigenvalue weighted by molar-refractivity contribution is 5.72. The molecule has 14 heteroatoms. The van der Waals surface area contributed by atoms with Gasteiger partial charge in [0.2, 0.25) is 0 Å². The molecule has 2 aliphatic heterocycles. The van der Waals surface area contributed by atoms with Crippen LogP contribution in [-0.2, 0) is 14.2 Å². The SMILES string of the molecule is NC(=O)N(CO)C1O[C@H](CO)[C@@H](O[C@@H]2O[C@H](CO)[C@H](O)[C@H](O)[C@H]2O)[C@H](O)[C@H]1O. The van der Waals surface area contributed by atoms with Gasteiger partial charge in [0, 0.05) is 0 Å². The van der Waals surface area contributed by atoms with Crippen LogP contribution in [0.1, 0.15) is 0 Å². The normalized spacial score (nSPS) is 44.3. The van der Waals surface area contributed by atoms with Gasteiger partial charge in [0.25, 0.3) is 0 Å². The van der Waals surface area contributed by atoms with Crippen LogP contribution in [0.4, 0.5) is 4.79 Å². The van der Waals surface area contributed by atoms with Gasteiger partial charge in [-0.3, -0.25) is 4.90 Å². The van der Waals surface area contributed by atoms with Gasteiger partial charge in [-0.05, 0) is 0 Å². The second-order valence-corrected chi connectivity index (χ2v) is 6.48. The van der Waals surface area contributed by atoms with Crippen LogP contribution >= 0.6 is 0 Å². The molecule has 1 unspecified atom stereocenters. The minimum Gasteiger partial charge on any atom is -0.394 e. The maximum atomic E-state index is 11.3. The summed E-state index contributed by atoms with van der Waals surface area (Å²) >= 11 is 0. The first-order chi connectivity index (χ1) is 13.2. The minimum atomic E-state index is -1.84. The lowest BCUT2D eigenvalue weighted by molar-refractivity contribution is -0.348. The van der Waals surface area contributed by atoms with Gasteiger partial charge in [0.05, 0.1) is 13.2 Å². The lowest BCUT2D eigenvalue weighted by Gasteiger charge is -2.47. The average molecular weight is 414 g/mol. The molecule has 2 aliphatic rings. The van der Waals surface area contributed by atoms with Gasteiger partial charge >= 0.3 is 6.03 Å². The Morgan fingerprint density at radius 3 is 1.96 bits per heavy atom. The molecule has 10 atom stereocenters. The Balaban J connectivity index is 2.18. The first-order valence-corrected chi connectivity index (χ1v) is 8.43. The number of nitrogens with zero attached hydrogens (tertiary/aromatic N) is 1. The first kappa shape index (κ1) is 23.1. The molecule has 2 heterocycles. The number of aliphatic hydroxyl groups excluding tert-OH is 8. The molecule has 2 rings (SSSR count). The standard InChI is InChI=1S/C14H26N2O12/c15-14(25)16(3-19)12-9(23)8(22)11(5(2-18)26-12)28-13-10(24)7(21)6(20)4(1-17)27-13/h4-13,17-24H,1-3H2,(H2,15,25)/t4-,5-,6+,7+,8-,9-,10-,11-,12?,13+/m1/s1. The number of carbonyl (C=O) groups excluding carboxylic acids is 1. The smallest absolute Gasteiger partial charge is 0.318 e. The van der Waals surface area contributed by atoms with E-state index in [9.17, 15) is 45.6 Å². The van der Waals surface area contributed by atoms with Crippen LogP contribution in [0.2, 0.25) is 0 Å². The van der Waals surface area contributed by atoms with E-state index in [1.165, 1.54) is 0 Å². The molecule has 10 N–H and O–H groups in total. The van der Waals surface area contributed by atoms with E-state index in [1.807, 2.05) is 0 Å². The quantitative estimate of drug-likeness (QED) is 0.185. The topological polar surface area (TPSA) is 236 Å². The fourth-order valence-corrected chi connectivity index (χ4v) is 3.10. The van der Waals surface area contributed by atoms with E-state index in [4.69, 9.17) is 19.9 Å². The van der Waals surface area contributed by atoms with Gasteiger partial charge in [-0.25, -0.2) is 4.79 Å². The molecule has 0 aromatic rings. The Bertz CT molecular complexity index is 523. The van der Waals surface area contributed by atoms with E-state index < -0.39 is 87.3 Å². The Labute approximate surface area is 158 Å². The molecule has 2 amide bonds. The van der Waals surface area contributed by atoms with Crippen molar-refractivity contribution in [2.75, 3.05) is 19.9 Å². The first-order valence-electron chi connectivity index (χ1n) is 8.43. The molecule has 0 spiro atoms. The number of nitrogens with two attached hydrogens (primary N) is 1.